The third-order valence-corrected chi connectivity index (χ3v) is 3.27. The van der Waals surface area contributed by atoms with Crippen molar-refractivity contribution in [1.29, 1.82) is 0 Å². The van der Waals surface area contributed by atoms with E-state index in [0.29, 0.717) is 22.3 Å². The Bertz CT molecular complexity index is 527. The summed E-state index contributed by atoms with van der Waals surface area (Å²) in [5.74, 6) is -0.336. The molecule has 0 spiro atoms. The van der Waals surface area contributed by atoms with Crippen LogP contribution in [0.25, 0.3) is 0 Å². The smallest absolute Gasteiger partial charge is 0.124 e. The standard InChI is InChI=1S/C12H12BrFN2O/c1-2-16-11(5-6-15-16)12(17)9-4-3-8(14)7-10(9)13/h3-7,12,17H,2H2,1H3. The van der Waals surface area contributed by atoms with Gasteiger partial charge in [0.25, 0.3) is 0 Å². The maximum absolute atomic E-state index is 13.0. The lowest BCUT2D eigenvalue weighted by atomic mass is 10.1. The maximum atomic E-state index is 13.0. The summed E-state index contributed by atoms with van der Waals surface area (Å²) in [6.07, 6.45) is 0.826. The van der Waals surface area contributed by atoms with Gasteiger partial charge in [0.2, 0.25) is 0 Å². The lowest BCUT2D eigenvalue weighted by Gasteiger charge is -2.14. The number of aromatic nitrogens is 2. The van der Waals surface area contributed by atoms with Crippen LogP contribution < -0.4 is 0 Å². The number of hydrogen-bond donors (Lipinski definition) is 1. The molecule has 0 aliphatic heterocycles. The summed E-state index contributed by atoms with van der Waals surface area (Å²) < 4.78 is 15.2. The van der Waals surface area contributed by atoms with Crippen LogP contribution >= 0.6 is 15.9 Å². The SMILES string of the molecule is CCn1nccc1C(O)c1ccc(F)cc1Br. The quantitative estimate of drug-likeness (QED) is 0.946. The molecule has 0 aliphatic carbocycles. The highest BCUT2D eigenvalue weighted by molar-refractivity contribution is 9.10. The van der Waals surface area contributed by atoms with Crippen LogP contribution in [0.3, 0.4) is 0 Å². The molecule has 17 heavy (non-hydrogen) atoms. The van der Waals surface area contributed by atoms with Crippen LogP contribution in [0.2, 0.25) is 0 Å². The van der Waals surface area contributed by atoms with Crippen molar-refractivity contribution in [2.24, 2.45) is 0 Å². The van der Waals surface area contributed by atoms with E-state index in [4.69, 9.17) is 0 Å². The van der Waals surface area contributed by atoms with E-state index in [1.165, 1.54) is 12.1 Å². The molecule has 2 rings (SSSR count). The van der Waals surface area contributed by atoms with Gasteiger partial charge in [0.05, 0.1) is 5.69 Å². The van der Waals surface area contributed by atoms with E-state index in [2.05, 4.69) is 21.0 Å². The first-order chi connectivity index (χ1) is 8.13. The molecule has 0 fully saturated rings. The largest absolute Gasteiger partial charge is 0.382 e. The number of hydrogen-bond acceptors (Lipinski definition) is 2. The van der Waals surface area contributed by atoms with Crippen molar-refractivity contribution in [2.75, 3.05) is 0 Å². The van der Waals surface area contributed by atoms with E-state index in [0.717, 1.165) is 0 Å². The zero-order valence-electron chi connectivity index (χ0n) is 9.27. The molecule has 1 unspecified atom stereocenters. The molecule has 0 bridgehead atoms. The van der Waals surface area contributed by atoms with Crippen molar-refractivity contribution < 1.29 is 9.50 Å². The third-order valence-electron chi connectivity index (χ3n) is 2.59. The molecule has 0 saturated heterocycles. The van der Waals surface area contributed by atoms with Gasteiger partial charge in [0, 0.05) is 22.8 Å². The molecule has 2 aromatic rings. The summed E-state index contributed by atoms with van der Waals surface area (Å²) >= 11 is 3.25. The monoisotopic (exact) mass is 298 g/mol. The highest BCUT2D eigenvalue weighted by Gasteiger charge is 2.17. The molecule has 3 nitrogen and oxygen atoms in total. The summed E-state index contributed by atoms with van der Waals surface area (Å²) in [7, 11) is 0. The Kier molecular flexibility index (Phi) is 3.59. The second kappa shape index (κ2) is 4.98. The average molecular weight is 299 g/mol. The molecule has 90 valence electrons. The van der Waals surface area contributed by atoms with E-state index in [1.54, 1.807) is 23.0 Å². The fourth-order valence-corrected chi connectivity index (χ4v) is 2.29. The molecular formula is C12H12BrFN2O. The number of aryl methyl sites for hydroxylation is 1. The Morgan fingerprint density at radius 1 is 1.47 bits per heavy atom. The number of halogens is 2. The van der Waals surface area contributed by atoms with Gasteiger partial charge in [-0.05, 0) is 25.1 Å². The summed E-state index contributed by atoms with van der Waals surface area (Å²) in [5.41, 5.74) is 1.32. The van der Waals surface area contributed by atoms with E-state index < -0.39 is 6.10 Å². The molecule has 0 radical (unpaired) electrons. The van der Waals surface area contributed by atoms with Crippen LogP contribution in [0.15, 0.2) is 34.9 Å². The normalized spacial score (nSPS) is 12.7. The molecule has 1 N–H and O–H groups in total. The molecule has 0 aliphatic rings. The van der Waals surface area contributed by atoms with Crippen molar-refractivity contribution >= 4 is 15.9 Å². The molecule has 5 heteroatoms. The van der Waals surface area contributed by atoms with Crippen molar-refractivity contribution in [3.05, 3.63) is 52.0 Å². The molecule has 1 aromatic carbocycles. The predicted octanol–water partition coefficient (Wildman–Crippen LogP) is 2.89. The first-order valence-corrected chi connectivity index (χ1v) is 6.07. The summed E-state index contributed by atoms with van der Waals surface area (Å²) in [6, 6.07) is 5.99. The predicted molar refractivity (Wildman–Crippen MR) is 66.1 cm³/mol. The molecule has 1 atom stereocenters. The topological polar surface area (TPSA) is 38.0 Å². The summed E-state index contributed by atoms with van der Waals surface area (Å²) in [6.45, 7) is 2.63. The molecule has 1 heterocycles. The molecule has 0 saturated carbocycles. The van der Waals surface area contributed by atoms with E-state index in [9.17, 15) is 9.50 Å². The van der Waals surface area contributed by atoms with Gasteiger partial charge < -0.3 is 5.11 Å². The zero-order chi connectivity index (χ0) is 12.4. The fraction of sp³-hybridized carbons (Fsp3) is 0.250. The van der Waals surface area contributed by atoms with Gasteiger partial charge in [0.15, 0.2) is 0 Å². The Morgan fingerprint density at radius 2 is 2.24 bits per heavy atom. The minimum atomic E-state index is -0.813. The number of aliphatic hydroxyl groups is 1. The number of rotatable bonds is 3. The lowest BCUT2D eigenvalue weighted by Crippen LogP contribution is -2.09. The second-order valence-electron chi connectivity index (χ2n) is 3.64. The highest BCUT2D eigenvalue weighted by Crippen LogP contribution is 2.28. The third kappa shape index (κ3) is 2.40. The maximum Gasteiger partial charge on any atom is 0.124 e. The van der Waals surface area contributed by atoms with Crippen LogP contribution in [0.4, 0.5) is 4.39 Å². The second-order valence-corrected chi connectivity index (χ2v) is 4.49. The van der Waals surface area contributed by atoms with Crippen molar-refractivity contribution in [1.82, 2.24) is 9.78 Å². The van der Waals surface area contributed by atoms with Crippen LogP contribution in [0.1, 0.15) is 24.3 Å². The number of benzene rings is 1. The van der Waals surface area contributed by atoms with Crippen LogP contribution in [-0.4, -0.2) is 14.9 Å². The van der Waals surface area contributed by atoms with Crippen molar-refractivity contribution in [3.63, 3.8) is 0 Å². The van der Waals surface area contributed by atoms with Crippen LogP contribution in [0.5, 0.6) is 0 Å². The Balaban J connectivity index is 2.40. The van der Waals surface area contributed by atoms with Crippen molar-refractivity contribution in [2.45, 2.75) is 19.6 Å². The van der Waals surface area contributed by atoms with Gasteiger partial charge in [-0.25, -0.2) is 4.39 Å². The van der Waals surface area contributed by atoms with E-state index >= 15 is 0 Å². The Morgan fingerprint density at radius 3 is 2.88 bits per heavy atom. The number of aliphatic hydroxyl groups excluding tert-OH is 1. The average Bonchev–Trinajstić information content (AvgIpc) is 2.76. The van der Waals surface area contributed by atoms with Crippen LogP contribution in [-0.2, 0) is 6.54 Å². The Labute approximate surface area is 107 Å². The van der Waals surface area contributed by atoms with E-state index in [-0.39, 0.29) is 5.82 Å². The van der Waals surface area contributed by atoms with Gasteiger partial charge in [-0.2, -0.15) is 5.10 Å². The minimum absolute atomic E-state index is 0.336. The highest BCUT2D eigenvalue weighted by atomic mass is 79.9. The first-order valence-electron chi connectivity index (χ1n) is 5.28. The lowest BCUT2D eigenvalue weighted by molar-refractivity contribution is 0.207. The molecule has 1 aromatic heterocycles. The van der Waals surface area contributed by atoms with Gasteiger partial charge >= 0.3 is 0 Å². The van der Waals surface area contributed by atoms with Gasteiger partial charge in [-0.15, -0.1) is 0 Å². The molecular weight excluding hydrogens is 287 g/mol. The summed E-state index contributed by atoms with van der Waals surface area (Å²) in [5, 5.41) is 14.3. The van der Waals surface area contributed by atoms with Gasteiger partial charge in [-0.1, -0.05) is 22.0 Å². The van der Waals surface area contributed by atoms with Crippen molar-refractivity contribution in [3.8, 4) is 0 Å². The fourth-order valence-electron chi connectivity index (χ4n) is 1.72. The first kappa shape index (κ1) is 12.3. The summed E-state index contributed by atoms with van der Waals surface area (Å²) in [4.78, 5) is 0. The van der Waals surface area contributed by atoms with Gasteiger partial charge in [0.1, 0.15) is 11.9 Å². The zero-order valence-corrected chi connectivity index (χ0v) is 10.9. The minimum Gasteiger partial charge on any atom is -0.382 e. The van der Waals surface area contributed by atoms with Gasteiger partial charge in [-0.3, -0.25) is 4.68 Å². The van der Waals surface area contributed by atoms with E-state index in [1.807, 2.05) is 6.92 Å². The number of nitrogens with zero attached hydrogens (tertiary/aromatic N) is 2. The Hall–Kier alpha value is -1.20. The molecule has 0 amide bonds. The van der Waals surface area contributed by atoms with Crippen LogP contribution in [0, 0.1) is 5.82 Å².